The Labute approximate surface area is 127 Å². The Morgan fingerprint density at radius 1 is 1.43 bits per heavy atom. The molecule has 108 valence electrons. The van der Waals surface area contributed by atoms with E-state index in [1.54, 1.807) is 12.4 Å². The van der Waals surface area contributed by atoms with Crippen molar-refractivity contribution >= 4 is 17.2 Å². The van der Waals surface area contributed by atoms with Gasteiger partial charge in [0.05, 0.1) is 9.75 Å². The van der Waals surface area contributed by atoms with Gasteiger partial charge in [-0.2, -0.15) is 0 Å². The maximum atomic E-state index is 12.1. The van der Waals surface area contributed by atoms with E-state index < -0.39 is 0 Å². The van der Waals surface area contributed by atoms with Crippen LogP contribution in [0.2, 0.25) is 0 Å². The van der Waals surface area contributed by atoms with Crippen molar-refractivity contribution in [2.75, 3.05) is 13.2 Å². The topological polar surface area (TPSA) is 62.2 Å². The minimum atomic E-state index is -0.176. The van der Waals surface area contributed by atoms with Crippen LogP contribution in [-0.4, -0.2) is 29.1 Å². The van der Waals surface area contributed by atoms with Gasteiger partial charge in [-0.15, -0.1) is 11.3 Å². The summed E-state index contributed by atoms with van der Waals surface area (Å²) in [6.45, 7) is 2.31. The number of amides is 1. The Kier molecular flexibility index (Phi) is 5.50. The molecule has 0 bridgehead atoms. The maximum Gasteiger partial charge on any atom is 0.261 e. The molecule has 0 aliphatic rings. The molecule has 0 unspecified atom stereocenters. The highest BCUT2D eigenvalue weighted by Crippen LogP contribution is 2.20. The molecule has 2 rings (SSSR count). The van der Waals surface area contributed by atoms with E-state index >= 15 is 0 Å². The summed E-state index contributed by atoms with van der Waals surface area (Å²) < 4.78 is 0. The highest BCUT2D eigenvalue weighted by molar-refractivity contribution is 7.14. The summed E-state index contributed by atoms with van der Waals surface area (Å²) in [6, 6.07) is 5.70. The largest absolute Gasteiger partial charge is 0.384 e. The zero-order valence-electron chi connectivity index (χ0n) is 11.7. The second-order valence-corrected chi connectivity index (χ2v) is 5.50. The third kappa shape index (κ3) is 4.42. The van der Waals surface area contributed by atoms with Crippen molar-refractivity contribution in [3.8, 4) is 11.8 Å². The number of nitrogens with one attached hydrogen (secondary N) is 1. The van der Waals surface area contributed by atoms with Crippen molar-refractivity contribution in [2.24, 2.45) is 0 Å². The summed E-state index contributed by atoms with van der Waals surface area (Å²) in [5.74, 6) is 5.36. The van der Waals surface area contributed by atoms with E-state index in [9.17, 15) is 4.79 Å². The van der Waals surface area contributed by atoms with Gasteiger partial charge in [-0.25, -0.2) is 0 Å². The number of carbonyl (C=O) groups excluding carboxylic acids is 1. The Morgan fingerprint density at radius 3 is 2.90 bits per heavy atom. The number of pyridine rings is 1. The van der Waals surface area contributed by atoms with E-state index in [0.717, 1.165) is 22.4 Å². The number of rotatable bonds is 4. The van der Waals surface area contributed by atoms with Crippen molar-refractivity contribution in [3.63, 3.8) is 0 Å². The van der Waals surface area contributed by atoms with Crippen LogP contribution in [0, 0.1) is 18.8 Å². The van der Waals surface area contributed by atoms with Crippen LogP contribution in [0.15, 0.2) is 30.6 Å². The fraction of sp³-hybridized carbons (Fsp3) is 0.250. The van der Waals surface area contributed by atoms with Gasteiger partial charge in [0.25, 0.3) is 5.91 Å². The molecule has 2 N–H and O–H groups in total. The van der Waals surface area contributed by atoms with Crippen LogP contribution in [-0.2, 0) is 6.42 Å². The summed E-state index contributed by atoms with van der Waals surface area (Å²) in [5.41, 5.74) is 2.10. The maximum absolute atomic E-state index is 12.1. The fourth-order valence-electron chi connectivity index (χ4n) is 1.79. The van der Waals surface area contributed by atoms with Crippen molar-refractivity contribution < 1.29 is 9.90 Å². The number of carbonyl (C=O) groups is 1. The molecular formula is C16H16N2O2S. The van der Waals surface area contributed by atoms with E-state index in [0.29, 0.717) is 11.4 Å². The number of aliphatic hydroxyl groups excluding tert-OH is 1. The summed E-state index contributed by atoms with van der Waals surface area (Å²) in [5, 5.41) is 11.6. The van der Waals surface area contributed by atoms with Gasteiger partial charge in [0, 0.05) is 18.9 Å². The number of aliphatic hydroxyl groups is 1. The van der Waals surface area contributed by atoms with Gasteiger partial charge in [0.2, 0.25) is 0 Å². The molecule has 0 fully saturated rings. The van der Waals surface area contributed by atoms with Crippen molar-refractivity contribution in [1.82, 2.24) is 10.3 Å². The molecule has 1 amide bonds. The number of thiophene rings is 1. The molecule has 0 saturated carbocycles. The second kappa shape index (κ2) is 7.58. The molecule has 0 aliphatic carbocycles. The van der Waals surface area contributed by atoms with E-state index in [1.807, 2.05) is 25.1 Å². The van der Waals surface area contributed by atoms with Crippen LogP contribution in [0.25, 0.3) is 0 Å². The molecule has 0 atom stereocenters. The van der Waals surface area contributed by atoms with Gasteiger partial charge in [-0.3, -0.25) is 9.78 Å². The summed E-state index contributed by atoms with van der Waals surface area (Å²) in [4.78, 5) is 17.5. The molecule has 4 nitrogen and oxygen atoms in total. The van der Waals surface area contributed by atoms with Crippen LogP contribution in [0.5, 0.6) is 0 Å². The quantitative estimate of drug-likeness (QED) is 0.846. The van der Waals surface area contributed by atoms with E-state index in [1.165, 1.54) is 11.3 Å². The molecule has 5 heteroatoms. The number of aromatic nitrogens is 1. The lowest BCUT2D eigenvalue weighted by atomic mass is 10.2. The summed E-state index contributed by atoms with van der Waals surface area (Å²) in [7, 11) is 0. The highest BCUT2D eigenvalue weighted by atomic mass is 32.1. The third-order valence-electron chi connectivity index (χ3n) is 2.87. The lowest BCUT2D eigenvalue weighted by Crippen LogP contribution is -2.24. The minimum absolute atomic E-state index is 0.0887. The zero-order valence-corrected chi connectivity index (χ0v) is 12.5. The Bertz CT molecular complexity index is 669. The number of hydrogen-bond donors (Lipinski definition) is 2. The lowest BCUT2D eigenvalue weighted by molar-refractivity contribution is 0.0958. The van der Waals surface area contributed by atoms with Gasteiger partial charge in [0.1, 0.15) is 6.61 Å². The van der Waals surface area contributed by atoms with Crippen LogP contribution < -0.4 is 5.32 Å². The molecule has 0 radical (unpaired) electrons. The Balaban J connectivity index is 1.91. The normalized spacial score (nSPS) is 9.81. The number of aryl methyl sites for hydroxylation is 1. The van der Waals surface area contributed by atoms with E-state index in [-0.39, 0.29) is 12.5 Å². The second-order valence-electron chi connectivity index (χ2n) is 4.44. The van der Waals surface area contributed by atoms with Gasteiger partial charge < -0.3 is 10.4 Å². The van der Waals surface area contributed by atoms with Crippen LogP contribution in [0.3, 0.4) is 0 Å². The Hall–Kier alpha value is -2.16. The first-order valence-electron chi connectivity index (χ1n) is 6.58. The van der Waals surface area contributed by atoms with Gasteiger partial charge in [-0.1, -0.05) is 11.8 Å². The molecule has 0 saturated heterocycles. The molecule has 2 aromatic rings. The smallest absolute Gasteiger partial charge is 0.261 e. The molecule has 0 spiro atoms. The van der Waals surface area contributed by atoms with Crippen molar-refractivity contribution in [3.05, 3.63) is 51.5 Å². The predicted molar refractivity (Wildman–Crippen MR) is 83.3 cm³/mol. The molecule has 0 aliphatic heterocycles. The first kappa shape index (κ1) is 15.2. The monoisotopic (exact) mass is 300 g/mol. The average Bonchev–Trinajstić information content (AvgIpc) is 2.87. The first-order chi connectivity index (χ1) is 10.2. The van der Waals surface area contributed by atoms with Crippen LogP contribution in [0.1, 0.15) is 25.7 Å². The van der Waals surface area contributed by atoms with Crippen LogP contribution in [0.4, 0.5) is 0 Å². The van der Waals surface area contributed by atoms with Gasteiger partial charge in [0.15, 0.2) is 0 Å². The third-order valence-corrected chi connectivity index (χ3v) is 4.02. The number of nitrogens with zero attached hydrogens (tertiary/aromatic N) is 1. The molecular weight excluding hydrogens is 284 g/mol. The minimum Gasteiger partial charge on any atom is -0.384 e. The fourth-order valence-corrected chi connectivity index (χ4v) is 2.76. The van der Waals surface area contributed by atoms with Gasteiger partial charge >= 0.3 is 0 Å². The van der Waals surface area contributed by atoms with E-state index in [4.69, 9.17) is 5.11 Å². The standard InChI is InChI=1S/C16H16N2O2S/c1-12-11-15(21-14(12)3-2-10-19)16(20)18-9-6-13-4-7-17-8-5-13/h4-5,7-8,11,19H,6,9-10H2,1H3,(H,18,20). The summed E-state index contributed by atoms with van der Waals surface area (Å²) >= 11 is 1.35. The predicted octanol–water partition coefficient (Wildman–Crippen LogP) is 1.77. The van der Waals surface area contributed by atoms with Gasteiger partial charge in [-0.05, 0) is 42.7 Å². The van der Waals surface area contributed by atoms with Crippen molar-refractivity contribution in [2.45, 2.75) is 13.3 Å². The van der Waals surface area contributed by atoms with E-state index in [2.05, 4.69) is 22.1 Å². The highest BCUT2D eigenvalue weighted by Gasteiger charge is 2.10. The Morgan fingerprint density at radius 2 is 2.19 bits per heavy atom. The SMILES string of the molecule is Cc1cc(C(=O)NCCc2ccncc2)sc1C#CCO. The average molecular weight is 300 g/mol. The zero-order chi connectivity index (χ0) is 15.1. The number of hydrogen-bond acceptors (Lipinski definition) is 4. The molecule has 2 aromatic heterocycles. The first-order valence-corrected chi connectivity index (χ1v) is 7.39. The molecule has 21 heavy (non-hydrogen) atoms. The summed E-state index contributed by atoms with van der Waals surface area (Å²) in [6.07, 6.45) is 4.26. The lowest BCUT2D eigenvalue weighted by Gasteiger charge is -2.03. The van der Waals surface area contributed by atoms with Crippen LogP contribution >= 0.6 is 11.3 Å². The van der Waals surface area contributed by atoms with Crippen molar-refractivity contribution in [1.29, 1.82) is 0 Å². The molecule has 2 heterocycles. The molecule has 0 aromatic carbocycles.